The lowest BCUT2D eigenvalue weighted by Crippen LogP contribution is -2.30. The SMILES string of the molecule is CCCC/C=C\CCCCCCCC(=O)OC[C@@H](COC(=O)CCCCCCC/C=C\CCCCCC)OC(=O)CC/C=C\C/C=C\C/C=C\C/C=C\C/C=C\CCCCC. The molecule has 0 aromatic rings. The largest absolute Gasteiger partial charge is 0.462 e. The number of ether oxygens (including phenoxy) is 3. The maximum atomic E-state index is 12.7. The minimum absolute atomic E-state index is 0.114. The van der Waals surface area contributed by atoms with Gasteiger partial charge in [-0.1, -0.05) is 189 Å². The van der Waals surface area contributed by atoms with Crippen LogP contribution in [0.15, 0.2) is 85.1 Å². The van der Waals surface area contributed by atoms with E-state index < -0.39 is 12.1 Å². The topological polar surface area (TPSA) is 78.9 Å². The summed E-state index contributed by atoms with van der Waals surface area (Å²) in [6, 6.07) is 0. The average Bonchev–Trinajstić information content (AvgIpc) is 3.26. The Hall–Kier alpha value is -3.41. The van der Waals surface area contributed by atoms with Crippen LogP contribution in [0.2, 0.25) is 0 Å². The van der Waals surface area contributed by atoms with E-state index in [2.05, 4.69) is 93.7 Å². The average molecular weight is 849 g/mol. The highest BCUT2D eigenvalue weighted by Gasteiger charge is 2.19. The molecule has 0 aromatic carbocycles. The molecule has 6 nitrogen and oxygen atoms in total. The predicted molar refractivity (Wildman–Crippen MR) is 261 cm³/mol. The molecule has 61 heavy (non-hydrogen) atoms. The summed E-state index contributed by atoms with van der Waals surface area (Å²) in [6.07, 6.45) is 62.9. The van der Waals surface area contributed by atoms with Crippen molar-refractivity contribution >= 4 is 17.9 Å². The molecule has 0 bridgehead atoms. The van der Waals surface area contributed by atoms with E-state index >= 15 is 0 Å². The molecule has 0 aliphatic carbocycles. The number of hydrogen-bond acceptors (Lipinski definition) is 6. The Bertz CT molecular complexity index is 1200. The van der Waals surface area contributed by atoms with E-state index in [9.17, 15) is 14.4 Å². The molecule has 0 saturated carbocycles. The van der Waals surface area contributed by atoms with Crippen molar-refractivity contribution in [3.05, 3.63) is 85.1 Å². The van der Waals surface area contributed by atoms with Crippen LogP contribution < -0.4 is 0 Å². The normalized spacial score (nSPS) is 12.8. The lowest BCUT2D eigenvalue weighted by Gasteiger charge is -2.18. The van der Waals surface area contributed by atoms with Crippen molar-refractivity contribution in [1.29, 1.82) is 0 Å². The summed E-state index contributed by atoms with van der Waals surface area (Å²) in [4.78, 5) is 37.8. The Balaban J connectivity index is 4.52. The molecule has 0 aromatic heterocycles. The zero-order valence-electron chi connectivity index (χ0n) is 39.7. The van der Waals surface area contributed by atoms with Crippen LogP contribution in [0.25, 0.3) is 0 Å². The Labute approximate surface area is 375 Å². The predicted octanol–water partition coefficient (Wildman–Crippen LogP) is 16.4. The molecule has 0 aliphatic heterocycles. The van der Waals surface area contributed by atoms with Gasteiger partial charge in [-0.25, -0.2) is 0 Å². The smallest absolute Gasteiger partial charge is 0.306 e. The van der Waals surface area contributed by atoms with Gasteiger partial charge in [0.15, 0.2) is 6.10 Å². The van der Waals surface area contributed by atoms with E-state index in [0.717, 1.165) is 89.9 Å². The number of carbonyl (C=O) groups is 3. The summed E-state index contributed by atoms with van der Waals surface area (Å²) in [7, 11) is 0. The highest BCUT2D eigenvalue weighted by Crippen LogP contribution is 2.12. The summed E-state index contributed by atoms with van der Waals surface area (Å²) in [6.45, 7) is 6.46. The van der Waals surface area contributed by atoms with Crippen molar-refractivity contribution in [2.75, 3.05) is 13.2 Å². The summed E-state index contributed by atoms with van der Waals surface area (Å²) < 4.78 is 16.7. The minimum Gasteiger partial charge on any atom is -0.462 e. The number of esters is 3. The third-order valence-corrected chi connectivity index (χ3v) is 10.4. The van der Waals surface area contributed by atoms with Gasteiger partial charge in [0.05, 0.1) is 0 Å². The van der Waals surface area contributed by atoms with Crippen molar-refractivity contribution in [3.63, 3.8) is 0 Å². The van der Waals surface area contributed by atoms with Gasteiger partial charge in [-0.3, -0.25) is 14.4 Å². The molecule has 0 rings (SSSR count). The minimum atomic E-state index is -0.821. The summed E-state index contributed by atoms with van der Waals surface area (Å²) in [5, 5.41) is 0. The van der Waals surface area contributed by atoms with E-state index in [1.807, 2.05) is 12.2 Å². The summed E-state index contributed by atoms with van der Waals surface area (Å²) in [5.74, 6) is -1.02. The third-order valence-electron chi connectivity index (χ3n) is 10.4. The maximum absolute atomic E-state index is 12.7. The molecule has 6 heteroatoms. The molecule has 0 saturated heterocycles. The Morgan fingerprint density at radius 2 is 0.639 bits per heavy atom. The van der Waals surface area contributed by atoms with Gasteiger partial charge in [-0.05, 0) is 103 Å². The van der Waals surface area contributed by atoms with Crippen LogP contribution >= 0.6 is 0 Å². The molecule has 0 fully saturated rings. The van der Waals surface area contributed by atoms with Gasteiger partial charge in [0.25, 0.3) is 0 Å². The monoisotopic (exact) mass is 849 g/mol. The zero-order valence-corrected chi connectivity index (χ0v) is 39.7. The molecule has 348 valence electrons. The van der Waals surface area contributed by atoms with Crippen LogP contribution in [-0.2, 0) is 28.6 Å². The van der Waals surface area contributed by atoms with Crippen LogP contribution in [0.3, 0.4) is 0 Å². The maximum Gasteiger partial charge on any atom is 0.306 e. The molecule has 0 heterocycles. The molecule has 0 amide bonds. The van der Waals surface area contributed by atoms with E-state index in [1.54, 1.807) is 0 Å². The number of carbonyl (C=O) groups excluding carboxylic acids is 3. The second-order valence-electron chi connectivity index (χ2n) is 16.4. The Morgan fingerprint density at radius 3 is 1.08 bits per heavy atom. The lowest BCUT2D eigenvalue weighted by molar-refractivity contribution is -0.166. The molecule has 0 aliphatic rings. The summed E-state index contributed by atoms with van der Waals surface area (Å²) >= 11 is 0. The van der Waals surface area contributed by atoms with Crippen LogP contribution in [0.4, 0.5) is 0 Å². The first-order chi connectivity index (χ1) is 30.0. The van der Waals surface area contributed by atoms with Crippen LogP contribution in [0.5, 0.6) is 0 Å². The third kappa shape index (κ3) is 47.5. The zero-order chi connectivity index (χ0) is 44.4. The fraction of sp³-hybridized carbons (Fsp3) is 0.691. The van der Waals surface area contributed by atoms with Gasteiger partial charge in [0.2, 0.25) is 0 Å². The van der Waals surface area contributed by atoms with Gasteiger partial charge in [-0.15, -0.1) is 0 Å². The second kappa shape index (κ2) is 49.2. The van der Waals surface area contributed by atoms with Crippen molar-refractivity contribution in [1.82, 2.24) is 0 Å². The first-order valence-corrected chi connectivity index (χ1v) is 25.1. The van der Waals surface area contributed by atoms with Gasteiger partial charge >= 0.3 is 17.9 Å². The van der Waals surface area contributed by atoms with Gasteiger partial charge < -0.3 is 14.2 Å². The molecule has 0 spiro atoms. The second-order valence-corrected chi connectivity index (χ2v) is 16.4. The van der Waals surface area contributed by atoms with Crippen molar-refractivity contribution in [3.8, 4) is 0 Å². The van der Waals surface area contributed by atoms with Gasteiger partial charge in [0, 0.05) is 19.3 Å². The molecule has 0 unspecified atom stereocenters. The van der Waals surface area contributed by atoms with Crippen molar-refractivity contribution in [2.24, 2.45) is 0 Å². The molecular weight excluding hydrogens is 757 g/mol. The Kier molecular flexibility index (Phi) is 46.5. The van der Waals surface area contributed by atoms with Crippen molar-refractivity contribution in [2.45, 2.75) is 232 Å². The fourth-order valence-electron chi connectivity index (χ4n) is 6.52. The molecule has 1 atom stereocenters. The quantitative estimate of drug-likeness (QED) is 0.0263. The molecular formula is C55H92O6. The van der Waals surface area contributed by atoms with Crippen LogP contribution in [0.1, 0.15) is 226 Å². The first kappa shape index (κ1) is 57.6. The van der Waals surface area contributed by atoms with Gasteiger partial charge in [-0.2, -0.15) is 0 Å². The Morgan fingerprint density at radius 1 is 0.328 bits per heavy atom. The van der Waals surface area contributed by atoms with E-state index in [4.69, 9.17) is 14.2 Å². The number of hydrogen-bond donors (Lipinski definition) is 0. The standard InChI is InChI=1S/C55H92O6/c1-4-7-10-13-16-19-22-24-25-26-27-28-29-31-34-37-40-43-46-49-55(58)61-52(50-59-53(56)47-44-41-38-35-32-21-18-15-12-9-6-3)51-60-54(57)48-45-42-39-36-33-30-23-20-17-14-11-8-5-2/h15-16,18-20,23-25,27-28,31,34,40,43,52H,4-14,17,21-22,26,29-30,32-33,35-39,41-42,44-51H2,1-3H3/b18-15-,19-16-,23-20-,25-24-,28-27-,34-31-,43-40-/t52-/m0/s1. The molecule has 0 radical (unpaired) electrons. The van der Waals surface area contributed by atoms with Gasteiger partial charge in [0.1, 0.15) is 13.2 Å². The number of unbranched alkanes of at least 4 members (excludes halogenated alkanes) is 19. The highest BCUT2D eigenvalue weighted by atomic mass is 16.6. The first-order valence-electron chi connectivity index (χ1n) is 25.1. The summed E-state index contributed by atoms with van der Waals surface area (Å²) in [5.41, 5.74) is 0. The van der Waals surface area contributed by atoms with Crippen molar-refractivity contribution < 1.29 is 28.6 Å². The van der Waals surface area contributed by atoms with Crippen LogP contribution in [0, 0.1) is 0 Å². The highest BCUT2D eigenvalue weighted by molar-refractivity contribution is 5.71. The number of rotatable bonds is 44. The van der Waals surface area contributed by atoms with Crippen LogP contribution in [-0.4, -0.2) is 37.2 Å². The van der Waals surface area contributed by atoms with E-state index in [0.29, 0.717) is 19.3 Å². The van der Waals surface area contributed by atoms with E-state index in [-0.39, 0.29) is 31.6 Å². The fourth-order valence-corrected chi connectivity index (χ4v) is 6.52. The number of allylic oxidation sites excluding steroid dienone is 14. The van der Waals surface area contributed by atoms with E-state index in [1.165, 1.54) is 89.9 Å². The lowest BCUT2D eigenvalue weighted by atomic mass is 10.1. The molecule has 0 N–H and O–H groups in total.